The smallest absolute Gasteiger partial charge is 0.306 e. The Kier molecular flexibility index (Phi) is 5.36. The van der Waals surface area contributed by atoms with E-state index >= 15 is 0 Å². The molecule has 0 saturated carbocycles. The third-order valence-corrected chi connectivity index (χ3v) is 2.91. The first-order chi connectivity index (χ1) is 8.91. The summed E-state index contributed by atoms with van der Waals surface area (Å²) in [6.45, 7) is 1.99. The highest BCUT2D eigenvalue weighted by Crippen LogP contribution is 2.13. The van der Waals surface area contributed by atoms with E-state index in [1.165, 1.54) is 0 Å². The summed E-state index contributed by atoms with van der Waals surface area (Å²) in [5.41, 5.74) is 1.53. The van der Waals surface area contributed by atoms with Gasteiger partial charge in [-0.25, -0.2) is 0 Å². The molecule has 0 bridgehead atoms. The number of hydrogen-bond acceptors (Lipinski definition) is 3. The summed E-state index contributed by atoms with van der Waals surface area (Å²) in [4.78, 5) is 24.5. The third-order valence-electron chi connectivity index (χ3n) is 2.91. The molecule has 0 aliphatic carbocycles. The number of carboxylic acids is 1. The Morgan fingerprint density at radius 2 is 2.05 bits per heavy atom. The number of nitrogens with zero attached hydrogens (tertiary/aromatic N) is 1. The van der Waals surface area contributed by atoms with E-state index in [9.17, 15) is 9.59 Å². The SMILES string of the molecule is CC(CCNC(=O)c1cccc(N(C)C)c1)C(=O)O. The predicted octanol–water partition coefficient (Wildman–Crippen LogP) is 1.59. The van der Waals surface area contributed by atoms with E-state index in [-0.39, 0.29) is 5.91 Å². The molecule has 0 aliphatic rings. The van der Waals surface area contributed by atoms with Crippen molar-refractivity contribution in [3.05, 3.63) is 29.8 Å². The lowest BCUT2D eigenvalue weighted by atomic mass is 10.1. The van der Waals surface area contributed by atoms with Gasteiger partial charge in [-0.15, -0.1) is 0 Å². The average molecular weight is 264 g/mol. The van der Waals surface area contributed by atoms with Crippen LogP contribution < -0.4 is 10.2 Å². The Labute approximate surface area is 113 Å². The highest BCUT2D eigenvalue weighted by atomic mass is 16.4. The third kappa shape index (κ3) is 4.62. The largest absolute Gasteiger partial charge is 0.481 e. The number of nitrogens with one attached hydrogen (secondary N) is 1. The lowest BCUT2D eigenvalue weighted by Crippen LogP contribution is -2.27. The first kappa shape index (κ1) is 15.0. The molecule has 0 aromatic heterocycles. The number of aliphatic carboxylic acids is 1. The van der Waals surface area contributed by atoms with Crippen molar-refractivity contribution in [3.8, 4) is 0 Å². The lowest BCUT2D eigenvalue weighted by Gasteiger charge is -2.13. The number of amides is 1. The van der Waals surface area contributed by atoms with Gasteiger partial charge in [-0.05, 0) is 24.6 Å². The molecule has 2 N–H and O–H groups in total. The number of hydrogen-bond donors (Lipinski definition) is 2. The lowest BCUT2D eigenvalue weighted by molar-refractivity contribution is -0.141. The highest BCUT2D eigenvalue weighted by molar-refractivity contribution is 5.95. The van der Waals surface area contributed by atoms with Gasteiger partial charge in [-0.3, -0.25) is 9.59 Å². The van der Waals surface area contributed by atoms with Gasteiger partial charge in [0, 0.05) is 31.9 Å². The molecule has 0 heterocycles. The minimum atomic E-state index is -0.844. The summed E-state index contributed by atoms with van der Waals surface area (Å²) in [7, 11) is 3.82. The predicted molar refractivity (Wildman–Crippen MR) is 74.5 cm³/mol. The number of benzene rings is 1. The van der Waals surface area contributed by atoms with Crippen LogP contribution in [-0.2, 0) is 4.79 Å². The molecule has 0 radical (unpaired) electrons. The molecule has 1 aromatic carbocycles. The fourth-order valence-electron chi connectivity index (χ4n) is 1.55. The van der Waals surface area contributed by atoms with Gasteiger partial charge in [0.05, 0.1) is 5.92 Å². The molecule has 104 valence electrons. The Bertz CT molecular complexity index is 458. The molecule has 1 atom stereocenters. The number of carbonyl (C=O) groups excluding carboxylic acids is 1. The van der Waals surface area contributed by atoms with Gasteiger partial charge in [0.25, 0.3) is 5.91 Å². The van der Waals surface area contributed by atoms with Crippen molar-refractivity contribution in [2.24, 2.45) is 5.92 Å². The molecule has 0 aliphatic heterocycles. The topological polar surface area (TPSA) is 69.6 Å². The zero-order chi connectivity index (χ0) is 14.4. The van der Waals surface area contributed by atoms with Crippen molar-refractivity contribution >= 4 is 17.6 Å². The summed E-state index contributed by atoms with van der Waals surface area (Å²) in [6, 6.07) is 7.28. The second kappa shape index (κ2) is 6.78. The van der Waals surface area contributed by atoms with Gasteiger partial charge in [-0.2, -0.15) is 0 Å². The number of anilines is 1. The first-order valence-corrected chi connectivity index (χ1v) is 6.20. The molecule has 1 rings (SSSR count). The highest BCUT2D eigenvalue weighted by Gasteiger charge is 2.11. The van der Waals surface area contributed by atoms with Gasteiger partial charge < -0.3 is 15.3 Å². The molecule has 5 nitrogen and oxygen atoms in total. The van der Waals surface area contributed by atoms with Crippen molar-refractivity contribution in [2.75, 3.05) is 25.5 Å². The molecule has 1 unspecified atom stereocenters. The van der Waals surface area contributed by atoms with Crippen LogP contribution in [0.3, 0.4) is 0 Å². The maximum absolute atomic E-state index is 11.9. The molecule has 0 saturated heterocycles. The molecule has 19 heavy (non-hydrogen) atoms. The second-order valence-electron chi connectivity index (χ2n) is 4.73. The maximum atomic E-state index is 11.9. The fraction of sp³-hybridized carbons (Fsp3) is 0.429. The number of carbonyl (C=O) groups is 2. The molecular weight excluding hydrogens is 244 g/mol. The van der Waals surface area contributed by atoms with Gasteiger partial charge in [0.2, 0.25) is 0 Å². The number of rotatable bonds is 6. The van der Waals surface area contributed by atoms with E-state index in [2.05, 4.69) is 5.32 Å². The normalized spacial score (nSPS) is 11.7. The van der Waals surface area contributed by atoms with Gasteiger partial charge in [-0.1, -0.05) is 13.0 Å². The Hall–Kier alpha value is -2.04. The van der Waals surface area contributed by atoms with E-state index in [1.54, 1.807) is 19.1 Å². The zero-order valence-corrected chi connectivity index (χ0v) is 11.5. The Morgan fingerprint density at radius 1 is 1.37 bits per heavy atom. The van der Waals surface area contributed by atoms with Crippen LogP contribution in [0.1, 0.15) is 23.7 Å². The molecule has 1 aromatic rings. The van der Waals surface area contributed by atoms with Gasteiger partial charge in [0.15, 0.2) is 0 Å². The minimum absolute atomic E-state index is 0.179. The molecule has 0 spiro atoms. The monoisotopic (exact) mass is 264 g/mol. The first-order valence-electron chi connectivity index (χ1n) is 6.20. The molecule has 1 amide bonds. The van der Waals surface area contributed by atoms with Crippen LogP contribution in [0.2, 0.25) is 0 Å². The summed E-state index contributed by atoms with van der Waals surface area (Å²) in [6.07, 6.45) is 0.425. The van der Waals surface area contributed by atoms with E-state index in [4.69, 9.17) is 5.11 Å². The summed E-state index contributed by atoms with van der Waals surface area (Å²) < 4.78 is 0. The maximum Gasteiger partial charge on any atom is 0.306 e. The quantitative estimate of drug-likeness (QED) is 0.818. The van der Waals surface area contributed by atoms with E-state index in [0.717, 1.165) is 5.69 Å². The average Bonchev–Trinajstić information content (AvgIpc) is 2.38. The Morgan fingerprint density at radius 3 is 2.63 bits per heavy atom. The standard InChI is InChI=1S/C14H20N2O3/c1-10(14(18)19)7-8-15-13(17)11-5-4-6-12(9-11)16(2)3/h4-6,9-10H,7-8H2,1-3H3,(H,15,17)(H,18,19). The molecular formula is C14H20N2O3. The van der Waals surface area contributed by atoms with Crippen molar-refractivity contribution in [2.45, 2.75) is 13.3 Å². The summed E-state index contributed by atoms with van der Waals surface area (Å²) >= 11 is 0. The number of carboxylic acid groups (broad SMARTS) is 1. The van der Waals surface area contributed by atoms with Crippen LogP contribution in [-0.4, -0.2) is 37.6 Å². The van der Waals surface area contributed by atoms with Crippen molar-refractivity contribution in [3.63, 3.8) is 0 Å². The van der Waals surface area contributed by atoms with Crippen LogP contribution in [0, 0.1) is 5.92 Å². The second-order valence-corrected chi connectivity index (χ2v) is 4.73. The van der Waals surface area contributed by atoms with Crippen LogP contribution in [0.25, 0.3) is 0 Å². The molecule has 5 heteroatoms. The van der Waals surface area contributed by atoms with E-state index in [0.29, 0.717) is 18.5 Å². The van der Waals surface area contributed by atoms with Crippen molar-refractivity contribution < 1.29 is 14.7 Å². The fourth-order valence-corrected chi connectivity index (χ4v) is 1.55. The molecule has 0 fully saturated rings. The zero-order valence-electron chi connectivity index (χ0n) is 11.5. The van der Waals surface area contributed by atoms with Crippen LogP contribution in [0.5, 0.6) is 0 Å². The van der Waals surface area contributed by atoms with E-state index in [1.807, 2.05) is 31.1 Å². The minimum Gasteiger partial charge on any atom is -0.481 e. The van der Waals surface area contributed by atoms with Crippen LogP contribution >= 0.6 is 0 Å². The van der Waals surface area contributed by atoms with Gasteiger partial charge in [0.1, 0.15) is 0 Å². The Balaban J connectivity index is 2.54. The van der Waals surface area contributed by atoms with Crippen LogP contribution in [0.4, 0.5) is 5.69 Å². The van der Waals surface area contributed by atoms with E-state index < -0.39 is 11.9 Å². The van der Waals surface area contributed by atoms with Crippen molar-refractivity contribution in [1.82, 2.24) is 5.32 Å². The van der Waals surface area contributed by atoms with Crippen molar-refractivity contribution in [1.29, 1.82) is 0 Å². The summed E-state index contributed by atoms with van der Waals surface area (Å²) in [5, 5.41) is 11.5. The van der Waals surface area contributed by atoms with Crippen LogP contribution in [0.15, 0.2) is 24.3 Å². The summed E-state index contributed by atoms with van der Waals surface area (Å²) in [5.74, 6) is -1.47. The van der Waals surface area contributed by atoms with Gasteiger partial charge >= 0.3 is 5.97 Å².